The van der Waals surface area contributed by atoms with E-state index < -0.39 is 6.10 Å². The summed E-state index contributed by atoms with van der Waals surface area (Å²) in [4.78, 5) is 38.3. The molecule has 0 radical (unpaired) electrons. The van der Waals surface area contributed by atoms with Crippen LogP contribution in [0, 0.1) is 0 Å². The summed E-state index contributed by atoms with van der Waals surface area (Å²) >= 11 is 0. The maximum atomic E-state index is 12.9. The number of esters is 3. The van der Waals surface area contributed by atoms with Crippen molar-refractivity contribution in [2.24, 2.45) is 0 Å². The van der Waals surface area contributed by atoms with Gasteiger partial charge in [0.25, 0.3) is 0 Å². The van der Waals surface area contributed by atoms with Crippen LogP contribution in [0.3, 0.4) is 0 Å². The lowest BCUT2D eigenvalue weighted by molar-refractivity contribution is -0.167. The fourth-order valence-electron chi connectivity index (χ4n) is 9.74. The van der Waals surface area contributed by atoms with Crippen LogP contribution >= 0.6 is 0 Å². The molecule has 0 spiro atoms. The molecule has 0 aromatic heterocycles. The van der Waals surface area contributed by atoms with Gasteiger partial charge in [0, 0.05) is 19.3 Å². The van der Waals surface area contributed by atoms with Gasteiger partial charge < -0.3 is 14.2 Å². The third kappa shape index (κ3) is 57.1. The highest BCUT2D eigenvalue weighted by Gasteiger charge is 2.19. The number of hydrogen-bond acceptors (Lipinski definition) is 6. The molecule has 0 bridgehead atoms. The molecule has 0 unspecified atom stereocenters. The van der Waals surface area contributed by atoms with E-state index in [9.17, 15) is 14.4 Å². The van der Waals surface area contributed by atoms with Gasteiger partial charge in [0.2, 0.25) is 0 Å². The monoisotopic (exact) mass is 987 g/mol. The van der Waals surface area contributed by atoms with E-state index in [1.807, 2.05) is 0 Å². The van der Waals surface area contributed by atoms with Crippen LogP contribution in [0.25, 0.3) is 0 Å². The van der Waals surface area contributed by atoms with Crippen molar-refractivity contribution in [1.82, 2.24) is 0 Å². The van der Waals surface area contributed by atoms with Crippen molar-refractivity contribution in [2.75, 3.05) is 13.2 Å². The van der Waals surface area contributed by atoms with Crippen LogP contribution in [0.4, 0.5) is 0 Å². The molecule has 1 atom stereocenters. The highest BCUT2D eigenvalue weighted by atomic mass is 16.6. The number of carbonyl (C=O) groups is 3. The molecule has 0 aliphatic carbocycles. The first-order valence-corrected chi connectivity index (χ1v) is 31.7. The molecule has 0 fully saturated rings. The Morgan fingerprint density at radius 3 is 0.714 bits per heavy atom. The minimum atomic E-state index is -0.766. The van der Waals surface area contributed by atoms with Crippen molar-refractivity contribution < 1.29 is 28.6 Å². The van der Waals surface area contributed by atoms with E-state index in [2.05, 4.69) is 32.9 Å². The highest BCUT2D eigenvalue weighted by molar-refractivity contribution is 5.71. The molecule has 0 N–H and O–H groups in total. The van der Waals surface area contributed by atoms with Crippen molar-refractivity contribution in [1.29, 1.82) is 0 Å². The zero-order valence-electron chi connectivity index (χ0n) is 47.6. The SMILES string of the molecule is CCCCCCCC/C=C/CCCCCCCCCCCC(=O)OC[C@@H](COC(=O)CCCCCCCCCCCCCCCC)OC(=O)CCCCCCCCCCCCCCCCCCCCC. The minimum absolute atomic E-state index is 0.0639. The van der Waals surface area contributed by atoms with Gasteiger partial charge in [-0.3, -0.25) is 14.4 Å². The molecule has 414 valence electrons. The first kappa shape index (κ1) is 68.2. The molecule has 6 heteroatoms. The van der Waals surface area contributed by atoms with Gasteiger partial charge in [-0.15, -0.1) is 0 Å². The summed E-state index contributed by atoms with van der Waals surface area (Å²) in [6.07, 6.45) is 69.2. The number of rotatable bonds is 59. The fourth-order valence-corrected chi connectivity index (χ4v) is 9.74. The van der Waals surface area contributed by atoms with Crippen LogP contribution in [-0.2, 0) is 28.6 Å². The molecule has 6 nitrogen and oxygen atoms in total. The third-order valence-electron chi connectivity index (χ3n) is 14.5. The first-order valence-electron chi connectivity index (χ1n) is 31.7. The first-order chi connectivity index (χ1) is 34.5. The highest BCUT2D eigenvalue weighted by Crippen LogP contribution is 2.18. The van der Waals surface area contributed by atoms with Gasteiger partial charge in [-0.1, -0.05) is 309 Å². The molecule has 0 aliphatic heterocycles. The van der Waals surface area contributed by atoms with Gasteiger partial charge in [0.05, 0.1) is 0 Å². The van der Waals surface area contributed by atoms with E-state index in [0.29, 0.717) is 19.3 Å². The quantitative estimate of drug-likeness (QED) is 0.0261. The Labute approximate surface area is 437 Å². The van der Waals surface area contributed by atoms with Crippen molar-refractivity contribution in [3.05, 3.63) is 12.2 Å². The predicted octanol–water partition coefficient (Wildman–Crippen LogP) is 21.3. The van der Waals surface area contributed by atoms with E-state index in [0.717, 1.165) is 57.8 Å². The van der Waals surface area contributed by atoms with Crippen molar-refractivity contribution >= 4 is 17.9 Å². The van der Waals surface area contributed by atoms with Crippen LogP contribution < -0.4 is 0 Å². The predicted molar refractivity (Wildman–Crippen MR) is 303 cm³/mol. The Bertz CT molecular complexity index is 1090. The summed E-state index contributed by atoms with van der Waals surface area (Å²) in [5, 5.41) is 0. The Morgan fingerprint density at radius 2 is 0.471 bits per heavy atom. The molecular weight excluding hydrogens is 865 g/mol. The summed E-state index contributed by atoms with van der Waals surface area (Å²) in [5.41, 5.74) is 0. The number of unbranched alkanes of at least 4 members (excludes halogenated alkanes) is 46. The molecule has 0 heterocycles. The van der Waals surface area contributed by atoms with Crippen LogP contribution in [-0.4, -0.2) is 37.2 Å². The molecule has 70 heavy (non-hydrogen) atoms. The maximum absolute atomic E-state index is 12.9. The molecule has 0 saturated carbocycles. The normalized spacial score (nSPS) is 12.0. The summed E-state index contributed by atoms with van der Waals surface area (Å²) in [7, 11) is 0. The van der Waals surface area contributed by atoms with E-state index in [4.69, 9.17) is 14.2 Å². The summed E-state index contributed by atoms with van der Waals surface area (Å²) < 4.78 is 16.9. The van der Waals surface area contributed by atoms with E-state index in [1.54, 1.807) is 0 Å². The van der Waals surface area contributed by atoms with E-state index in [1.165, 1.54) is 263 Å². The van der Waals surface area contributed by atoms with Crippen molar-refractivity contribution in [3.63, 3.8) is 0 Å². The van der Waals surface area contributed by atoms with Gasteiger partial charge in [-0.05, 0) is 44.9 Å². The zero-order valence-corrected chi connectivity index (χ0v) is 47.6. The zero-order chi connectivity index (χ0) is 50.7. The maximum Gasteiger partial charge on any atom is 0.306 e. The third-order valence-corrected chi connectivity index (χ3v) is 14.5. The topological polar surface area (TPSA) is 78.9 Å². The van der Waals surface area contributed by atoms with Gasteiger partial charge in [-0.25, -0.2) is 0 Å². The van der Waals surface area contributed by atoms with Gasteiger partial charge in [0.15, 0.2) is 6.10 Å². The van der Waals surface area contributed by atoms with Crippen LogP contribution in [0.1, 0.15) is 361 Å². The Balaban J connectivity index is 4.29. The smallest absolute Gasteiger partial charge is 0.306 e. The summed E-state index contributed by atoms with van der Waals surface area (Å²) in [5.74, 6) is -0.836. The molecule has 0 saturated heterocycles. The van der Waals surface area contributed by atoms with Crippen molar-refractivity contribution in [3.8, 4) is 0 Å². The molecular formula is C64H122O6. The Kier molecular flexibility index (Phi) is 58.1. The van der Waals surface area contributed by atoms with Gasteiger partial charge >= 0.3 is 17.9 Å². The lowest BCUT2D eigenvalue weighted by atomic mass is 10.0. The average molecular weight is 988 g/mol. The standard InChI is InChI=1S/C64H122O6/c1-4-7-10-13-16-19-22-25-28-30-32-34-36-39-42-45-48-51-54-57-63(66)69-60-61(59-68-62(65)56-53-50-47-44-41-38-27-24-21-18-15-12-9-6-3)70-64(67)58-55-52-49-46-43-40-37-35-33-31-29-26-23-20-17-14-11-8-5-2/h25,28,61H,4-24,26-27,29-60H2,1-3H3/b28-25+/t61-/m1/s1. The Morgan fingerprint density at radius 1 is 0.271 bits per heavy atom. The van der Waals surface area contributed by atoms with Crippen LogP contribution in [0.5, 0.6) is 0 Å². The second-order valence-electron chi connectivity index (χ2n) is 21.7. The number of hydrogen-bond donors (Lipinski definition) is 0. The Hall–Kier alpha value is -1.85. The number of carbonyl (C=O) groups excluding carboxylic acids is 3. The molecule has 0 aromatic carbocycles. The number of ether oxygens (including phenoxy) is 3. The van der Waals surface area contributed by atoms with Crippen LogP contribution in [0.15, 0.2) is 12.2 Å². The van der Waals surface area contributed by atoms with E-state index >= 15 is 0 Å². The summed E-state index contributed by atoms with van der Waals surface area (Å²) in [6, 6.07) is 0. The van der Waals surface area contributed by atoms with Gasteiger partial charge in [0.1, 0.15) is 13.2 Å². The molecule has 0 amide bonds. The van der Waals surface area contributed by atoms with E-state index in [-0.39, 0.29) is 31.1 Å². The van der Waals surface area contributed by atoms with Crippen LogP contribution in [0.2, 0.25) is 0 Å². The molecule has 0 aromatic rings. The second kappa shape index (κ2) is 59.7. The minimum Gasteiger partial charge on any atom is -0.462 e. The largest absolute Gasteiger partial charge is 0.462 e. The average Bonchev–Trinajstić information content (AvgIpc) is 3.36. The number of allylic oxidation sites excluding steroid dienone is 2. The molecule has 0 aliphatic rings. The molecule has 0 rings (SSSR count). The van der Waals surface area contributed by atoms with Crippen molar-refractivity contribution in [2.45, 2.75) is 367 Å². The van der Waals surface area contributed by atoms with Gasteiger partial charge in [-0.2, -0.15) is 0 Å². The fraction of sp³-hybridized carbons (Fsp3) is 0.922. The summed E-state index contributed by atoms with van der Waals surface area (Å²) in [6.45, 7) is 6.71. The lowest BCUT2D eigenvalue weighted by Gasteiger charge is -2.18. The lowest BCUT2D eigenvalue weighted by Crippen LogP contribution is -2.30. The second-order valence-corrected chi connectivity index (χ2v) is 21.7.